The van der Waals surface area contributed by atoms with Crippen LogP contribution >= 0.6 is 0 Å². The molecule has 1 heterocycles. The highest BCUT2D eigenvalue weighted by Gasteiger charge is 2.10. The summed E-state index contributed by atoms with van der Waals surface area (Å²) in [4.78, 5) is 19.4. The standard InChI is InChI=1S/C23H16N2O/c26-23-21-13-18(12-15-9-10-16-5-1-2-6-17(16)11-15)19-7-3-4-8-20(19)22(21)24-14-25-23/h1-11,13-14H,12H2,(H,24,25,26). The van der Waals surface area contributed by atoms with Gasteiger partial charge in [-0.3, -0.25) is 4.79 Å². The lowest BCUT2D eigenvalue weighted by atomic mass is 9.95. The van der Waals surface area contributed by atoms with Crippen molar-refractivity contribution in [1.82, 2.24) is 9.97 Å². The van der Waals surface area contributed by atoms with Crippen molar-refractivity contribution < 1.29 is 0 Å². The maximum atomic E-state index is 12.3. The lowest BCUT2D eigenvalue weighted by molar-refractivity contribution is 1.17. The zero-order chi connectivity index (χ0) is 17.5. The van der Waals surface area contributed by atoms with E-state index in [-0.39, 0.29) is 5.56 Å². The summed E-state index contributed by atoms with van der Waals surface area (Å²) in [5.41, 5.74) is 3.03. The van der Waals surface area contributed by atoms with Gasteiger partial charge in [0.2, 0.25) is 0 Å². The molecule has 0 bridgehead atoms. The van der Waals surface area contributed by atoms with Crippen molar-refractivity contribution in [3.8, 4) is 0 Å². The van der Waals surface area contributed by atoms with Crippen molar-refractivity contribution in [3.05, 3.63) is 101 Å². The first-order chi connectivity index (χ1) is 12.8. The smallest absolute Gasteiger partial charge is 0.258 e. The number of nitrogens with one attached hydrogen (secondary N) is 1. The van der Waals surface area contributed by atoms with Crippen LogP contribution in [-0.4, -0.2) is 9.97 Å². The molecule has 0 fully saturated rings. The van der Waals surface area contributed by atoms with Gasteiger partial charge in [-0.2, -0.15) is 0 Å². The molecule has 3 heteroatoms. The Morgan fingerprint density at radius 3 is 2.42 bits per heavy atom. The number of nitrogens with zero attached hydrogens (tertiary/aromatic N) is 1. The molecule has 4 aromatic carbocycles. The highest BCUT2D eigenvalue weighted by molar-refractivity contribution is 6.06. The van der Waals surface area contributed by atoms with Crippen LogP contribution in [0.2, 0.25) is 0 Å². The summed E-state index contributed by atoms with van der Waals surface area (Å²) < 4.78 is 0. The molecule has 5 rings (SSSR count). The number of aromatic nitrogens is 2. The van der Waals surface area contributed by atoms with Crippen molar-refractivity contribution in [3.63, 3.8) is 0 Å². The molecule has 0 unspecified atom stereocenters. The second kappa shape index (κ2) is 5.81. The van der Waals surface area contributed by atoms with E-state index in [4.69, 9.17) is 0 Å². The topological polar surface area (TPSA) is 45.8 Å². The van der Waals surface area contributed by atoms with E-state index in [1.165, 1.54) is 22.7 Å². The van der Waals surface area contributed by atoms with Crippen LogP contribution in [0.3, 0.4) is 0 Å². The van der Waals surface area contributed by atoms with E-state index >= 15 is 0 Å². The van der Waals surface area contributed by atoms with Crippen LogP contribution < -0.4 is 5.56 Å². The van der Waals surface area contributed by atoms with Gasteiger partial charge in [-0.15, -0.1) is 0 Å². The van der Waals surface area contributed by atoms with Gasteiger partial charge < -0.3 is 4.98 Å². The van der Waals surface area contributed by atoms with Crippen molar-refractivity contribution in [2.24, 2.45) is 0 Å². The van der Waals surface area contributed by atoms with Gasteiger partial charge in [0.05, 0.1) is 17.2 Å². The third-order valence-electron chi connectivity index (χ3n) is 4.94. The quantitative estimate of drug-likeness (QED) is 0.470. The predicted octanol–water partition coefficient (Wildman–Crippen LogP) is 4.82. The van der Waals surface area contributed by atoms with Gasteiger partial charge in [0, 0.05) is 5.39 Å². The first kappa shape index (κ1) is 14.8. The van der Waals surface area contributed by atoms with Crippen molar-refractivity contribution >= 4 is 32.4 Å². The number of benzene rings is 4. The summed E-state index contributed by atoms with van der Waals surface area (Å²) in [7, 11) is 0. The highest BCUT2D eigenvalue weighted by Crippen LogP contribution is 2.28. The fourth-order valence-electron chi connectivity index (χ4n) is 3.70. The number of fused-ring (bicyclic) bond motifs is 4. The van der Waals surface area contributed by atoms with E-state index in [1.54, 1.807) is 0 Å². The maximum absolute atomic E-state index is 12.3. The SMILES string of the molecule is O=c1[nH]cnc2c1cc(Cc1ccc3ccccc3c1)c1ccccc12. The van der Waals surface area contributed by atoms with E-state index < -0.39 is 0 Å². The Labute approximate surface area is 149 Å². The number of hydrogen-bond donors (Lipinski definition) is 1. The van der Waals surface area contributed by atoms with Gasteiger partial charge in [-0.25, -0.2) is 4.98 Å². The fraction of sp³-hybridized carbons (Fsp3) is 0.0435. The largest absolute Gasteiger partial charge is 0.313 e. The Bertz CT molecular complexity index is 1330. The zero-order valence-corrected chi connectivity index (χ0v) is 14.1. The summed E-state index contributed by atoms with van der Waals surface area (Å²) in [5, 5.41) is 5.27. The summed E-state index contributed by atoms with van der Waals surface area (Å²) in [6, 6.07) is 25.1. The molecule has 1 N–H and O–H groups in total. The van der Waals surface area contributed by atoms with Crippen LogP contribution in [0.5, 0.6) is 0 Å². The Kier molecular flexibility index (Phi) is 3.32. The minimum absolute atomic E-state index is 0.0967. The number of aromatic amines is 1. The Morgan fingerprint density at radius 2 is 1.54 bits per heavy atom. The third-order valence-corrected chi connectivity index (χ3v) is 4.94. The second-order valence-electron chi connectivity index (χ2n) is 6.57. The predicted molar refractivity (Wildman–Crippen MR) is 107 cm³/mol. The first-order valence-corrected chi connectivity index (χ1v) is 8.65. The van der Waals surface area contributed by atoms with Crippen LogP contribution in [0.1, 0.15) is 11.1 Å². The van der Waals surface area contributed by atoms with E-state index in [0.717, 1.165) is 28.3 Å². The average molecular weight is 336 g/mol. The lowest BCUT2D eigenvalue weighted by Gasteiger charge is -2.10. The first-order valence-electron chi connectivity index (χ1n) is 8.65. The minimum atomic E-state index is -0.0967. The van der Waals surface area contributed by atoms with Gasteiger partial charge in [0.15, 0.2) is 0 Å². The molecule has 0 saturated carbocycles. The van der Waals surface area contributed by atoms with Gasteiger partial charge in [0.1, 0.15) is 0 Å². The Balaban J connectivity index is 1.74. The van der Waals surface area contributed by atoms with Crippen molar-refractivity contribution in [2.45, 2.75) is 6.42 Å². The van der Waals surface area contributed by atoms with Crippen LogP contribution in [0.15, 0.2) is 83.9 Å². The van der Waals surface area contributed by atoms with E-state index in [2.05, 4.69) is 58.5 Å². The van der Waals surface area contributed by atoms with Crippen LogP contribution in [0.25, 0.3) is 32.4 Å². The third kappa shape index (κ3) is 2.37. The molecule has 26 heavy (non-hydrogen) atoms. The molecule has 0 atom stereocenters. The number of hydrogen-bond acceptors (Lipinski definition) is 2. The normalized spacial score (nSPS) is 11.4. The molecule has 0 aliphatic carbocycles. The van der Waals surface area contributed by atoms with Crippen LogP contribution in [-0.2, 0) is 6.42 Å². The van der Waals surface area contributed by atoms with Gasteiger partial charge >= 0.3 is 0 Å². The lowest BCUT2D eigenvalue weighted by Crippen LogP contribution is -2.07. The van der Waals surface area contributed by atoms with Gasteiger partial charge in [0.25, 0.3) is 5.56 Å². The Morgan fingerprint density at radius 1 is 0.769 bits per heavy atom. The van der Waals surface area contributed by atoms with Crippen LogP contribution in [0, 0.1) is 0 Å². The molecule has 0 radical (unpaired) electrons. The molecule has 0 amide bonds. The molecule has 0 spiro atoms. The fourth-order valence-corrected chi connectivity index (χ4v) is 3.70. The molecule has 0 aliphatic heterocycles. The average Bonchev–Trinajstić information content (AvgIpc) is 2.69. The van der Waals surface area contributed by atoms with E-state index in [0.29, 0.717) is 5.39 Å². The maximum Gasteiger partial charge on any atom is 0.258 e. The molecule has 5 aromatic rings. The summed E-state index contributed by atoms with van der Waals surface area (Å²) in [6.45, 7) is 0. The van der Waals surface area contributed by atoms with E-state index in [1.807, 2.05) is 24.3 Å². The van der Waals surface area contributed by atoms with Gasteiger partial charge in [-0.05, 0) is 39.8 Å². The summed E-state index contributed by atoms with van der Waals surface area (Å²) >= 11 is 0. The monoisotopic (exact) mass is 336 g/mol. The molecule has 124 valence electrons. The summed E-state index contributed by atoms with van der Waals surface area (Å²) in [6.07, 6.45) is 2.25. The number of rotatable bonds is 2. The number of H-pyrrole nitrogens is 1. The molecule has 3 nitrogen and oxygen atoms in total. The minimum Gasteiger partial charge on any atom is -0.313 e. The van der Waals surface area contributed by atoms with Gasteiger partial charge in [-0.1, -0.05) is 66.7 Å². The molecule has 0 aliphatic rings. The molecule has 0 saturated heterocycles. The molecular formula is C23H16N2O. The van der Waals surface area contributed by atoms with Crippen molar-refractivity contribution in [2.75, 3.05) is 0 Å². The zero-order valence-electron chi connectivity index (χ0n) is 14.1. The summed E-state index contributed by atoms with van der Waals surface area (Å²) in [5.74, 6) is 0. The Hall–Kier alpha value is -3.46. The second-order valence-corrected chi connectivity index (χ2v) is 6.57. The molecular weight excluding hydrogens is 320 g/mol. The highest BCUT2D eigenvalue weighted by atomic mass is 16.1. The van der Waals surface area contributed by atoms with Crippen molar-refractivity contribution in [1.29, 1.82) is 0 Å². The van der Waals surface area contributed by atoms with Crippen LogP contribution in [0.4, 0.5) is 0 Å². The van der Waals surface area contributed by atoms with E-state index in [9.17, 15) is 4.79 Å². The molecule has 1 aromatic heterocycles.